The van der Waals surface area contributed by atoms with E-state index in [4.69, 9.17) is 9.47 Å². The third-order valence-corrected chi connectivity index (χ3v) is 3.18. The van der Waals surface area contributed by atoms with Crippen molar-refractivity contribution in [1.82, 2.24) is 0 Å². The highest BCUT2D eigenvalue weighted by atomic mass is 16.5. The van der Waals surface area contributed by atoms with Gasteiger partial charge in [-0.05, 0) is 42.8 Å². The topological polar surface area (TPSA) is 47.6 Å². The van der Waals surface area contributed by atoms with Gasteiger partial charge >= 0.3 is 0 Å². The van der Waals surface area contributed by atoms with Gasteiger partial charge in [-0.2, -0.15) is 0 Å². The van der Waals surface area contributed by atoms with Crippen molar-refractivity contribution >= 4 is 17.7 Å². The Labute approximate surface area is 130 Å². The molecule has 22 heavy (non-hydrogen) atoms. The minimum absolute atomic E-state index is 0.138. The second-order valence-corrected chi connectivity index (χ2v) is 4.76. The van der Waals surface area contributed by atoms with Crippen LogP contribution in [0.5, 0.6) is 11.5 Å². The van der Waals surface area contributed by atoms with Crippen LogP contribution in [0.15, 0.2) is 54.1 Å². The maximum Gasteiger partial charge on any atom is 0.251 e. The van der Waals surface area contributed by atoms with Crippen LogP contribution in [0.2, 0.25) is 0 Å². The van der Waals surface area contributed by atoms with E-state index < -0.39 is 0 Å². The zero-order valence-electron chi connectivity index (χ0n) is 12.9. The Hall–Kier alpha value is -2.75. The predicted octanol–water partition coefficient (Wildman–Crippen LogP) is 3.75. The molecule has 114 valence electrons. The van der Waals surface area contributed by atoms with Gasteiger partial charge in [-0.15, -0.1) is 0 Å². The number of rotatable bonds is 5. The van der Waals surface area contributed by atoms with Gasteiger partial charge in [0.25, 0.3) is 5.91 Å². The van der Waals surface area contributed by atoms with Crippen LogP contribution < -0.4 is 14.8 Å². The van der Waals surface area contributed by atoms with Crippen LogP contribution in [0.4, 0.5) is 5.69 Å². The first kappa shape index (κ1) is 15.6. The van der Waals surface area contributed by atoms with Crippen LogP contribution in [-0.2, 0) is 4.79 Å². The lowest BCUT2D eigenvalue weighted by Crippen LogP contribution is -2.12. The number of carbonyl (C=O) groups is 1. The summed E-state index contributed by atoms with van der Waals surface area (Å²) in [5.41, 5.74) is 2.25. The molecule has 4 heteroatoms. The Morgan fingerprint density at radius 2 is 1.68 bits per heavy atom. The maximum atomic E-state index is 12.2. The summed E-state index contributed by atoms with van der Waals surface area (Å²) in [6.45, 7) is 1.77. The van der Waals surface area contributed by atoms with E-state index in [1.54, 1.807) is 27.2 Å². The molecule has 0 saturated heterocycles. The lowest BCUT2D eigenvalue weighted by Gasteiger charge is -2.09. The van der Waals surface area contributed by atoms with Crippen LogP contribution in [0.3, 0.4) is 0 Å². The zero-order valence-corrected chi connectivity index (χ0v) is 12.9. The summed E-state index contributed by atoms with van der Waals surface area (Å²) < 4.78 is 10.5. The van der Waals surface area contributed by atoms with Gasteiger partial charge in [0.15, 0.2) is 11.5 Å². The Bertz CT molecular complexity index is 678. The number of hydrogen-bond donors (Lipinski definition) is 1. The van der Waals surface area contributed by atoms with Crippen molar-refractivity contribution in [3.8, 4) is 11.5 Å². The molecule has 0 spiro atoms. The second kappa shape index (κ2) is 7.31. The fraction of sp³-hybridized carbons (Fsp3) is 0.167. The monoisotopic (exact) mass is 297 g/mol. The third-order valence-electron chi connectivity index (χ3n) is 3.18. The molecule has 4 nitrogen and oxygen atoms in total. The number of para-hydroxylation sites is 1. The van der Waals surface area contributed by atoms with Crippen LogP contribution in [0.25, 0.3) is 6.08 Å². The average Bonchev–Trinajstić information content (AvgIpc) is 2.55. The summed E-state index contributed by atoms with van der Waals surface area (Å²) in [7, 11) is 3.17. The van der Waals surface area contributed by atoms with Crippen LogP contribution in [-0.4, -0.2) is 20.1 Å². The number of amides is 1. The highest BCUT2D eigenvalue weighted by Crippen LogP contribution is 2.28. The third kappa shape index (κ3) is 3.88. The quantitative estimate of drug-likeness (QED) is 0.855. The molecule has 2 aromatic carbocycles. The van der Waals surface area contributed by atoms with Crippen LogP contribution in [0, 0.1) is 0 Å². The first-order valence-corrected chi connectivity index (χ1v) is 6.90. The molecule has 0 saturated carbocycles. The molecule has 1 N–H and O–H groups in total. The molecule has 0 aliphatic heterocycles. The van der Waals surface area contributed by atoms with Gasteiger partial charge in [-0.3, -0.25) is 4.79 Å². The van der Waals surface area contributed by atoms with E-state index >= 15 is 0 Å². The van der Waals surface area contributed by atoms with Gasteiger partial charge < -0.3 is 14.8 Å². The number of nitrogens with one attached hydrogen (secondary N) is 1. The number of anilines is 1. The first-order chi connectivity index (χ1) is 10.6. The molecule has 0 unspecified atom stereocenters. The average molecular weight is 297 g/mol. The summed E-state index contributed by atoms with van der Waals surface area (Å²) in [4.78, 5) is 12.2. The molecule has 0 radical (unpaired) electrons. The number of benzene rings is 2. The van der Waals surface area contributed by atoms with Crippen molar-refractivity contribution in [1.29, 1.82) is 0 Å². The first-order valence-electron chi connectivity index (χ1n) is 6.90. The van der Waals surface area contributed by atoms with Crippen molar-refractivity contribution in [3.63, 3.8) is 0 Å². The van der Waals surface area contributed by atoms with Gasteiger partial charge in [0, 0.05) is 11.3 Å². The Balaban J connectivity index is 2.16. The minimum Gasteiger partial charge on any atom is -0.493 e. The summed E-state index contributed by atoms with van der Waals surface area (Å²) in [5.74, 6) is 1.15. The standard InChI is InChI=1S/C18H19NO3/c1-13(18(20)19-15-7-5-4-6-8-15)11-14-9-10-16(21-2)17(12-14)22-3/h4-12H,1-3H3,(H,19,20)/b13-11+. The zero-order chi connectivity index (χ0) is 15.9. The summed E-state index contributed by atoms with van der Waals surface area (Å²) in [5, 5.41) is 2.85. The highest BCUT2D eigenvalue weighted by molar-refractivity contribution is 6.06. The van der Waals surface area contributed by atoms with Gasteiger partial charge in [0.1, 0.15) is 0 Å². The maximum absolute atomic E-state index is 12.2. The van der Waals surface area contributed by atoms with E-state index in [9.17, 15) is 4.79 Å². The second-order valence-electron chi connectivity index (χ2n) is 4.76. The van der Waals surface area contributed by atoms with Gasteiger partial charge in [-0.1, -0.05) is 24.3 Å². The number of carbonyl (C=O) groups excluding carboxylic acids is 1. The summed E-state index contributed by atoms with van der Waals surface area (Å²) in [6, 6.07) is 14.9. The summed E-state index contributed by atoms with van der Waals surface area (Å²) in [6.07, 6.45) is 1.81. The van der Waals surface area contributed by atoms with Crippen molar-refractivity contribution in [2.45, 2.75) is 6.92 Å². The van der Waals surface area contributed by atoms with Gasteiger partial charge in [0.05, 0.1) is 14.2 Å². The molecule has 2 rings (SSSR count). The number of methoxy groups -OCH3 is 2. The molecule has 0 fully saturated rings. The molecule has 0 aliphatic carbocycles. The Kier molecular flexibility index (Phi) is 5.20. The van der Waals surface area contributed by atoms with Crippen molar-refractivity contribution < 1.29 is 14.3 Å². The molecule has 0 atom stereocenters. The molecule has 0 aliphatic rings. The minimum atomic E-state index is -0.138. The molecule has 1 amide bonds. The summed E-state index contributed by atoms with van der Waals surface area (Å²) >= 11 is 0. The van der Waals surface area contributed by atoms with E-state index in [0.717, 1.165) is 11.3 Å². The normalized spacial score (nSPS) is 11.0. The molecular formula is C18H19NO3. The lowest BCUT2D eigenvalue weighted by molar-refractivity contribution is -0.112. The largest absolute Gasteiger partial charge is 0.493 e. The SMILES string of the molecule is COc1ccc(/C=C(\C)C(=O)Nc2ccccc2)cc1OC. The predicted molar refractivity (Wildman–Crippen MR) is 88.3 cm³/mol. The number of hydrogen-bond acceptors (Lipinski definition) is 3. The van der Waals surface area contributed by atoms with Crippen LogP contribution >= 0.6 is 0 Å². The van der Waals surface area contributed by atoms with E-state index in [-0.39, 0.29) is 5.91 Å². The van der Waals surface area contributed by atoms with Crippen molar-refractivity contribution in [2.24, 2.45) is 0 Å². The molecule has 0 heterocycles. The van der Waals surface area contributed by atoms with E-state index in [1.807, 2.05) is 48.5 Å². The Morgan fingerprint density at radius 3 is 2.32 bits per heavy atom. The fourth-order valence-corrected chi connectivity index (χ4v) is 2.01. The van der Waals surface area contributed by atoms with Gasteiger partial charge in [-0.25, -0.2) is 0 Å². The smallest absolute Gasteiger partial charge is 0.251 e. The highest BCUT2D eigenvalue weighted by Gasteiger charge is 2.07. The lowest BCUT2D eigenvalue weighted by atomic mass is 10.1. The Morgan fingerprint density at radius 1 is 1.00 bits per heavy atom. The molecule has 0 bridgehead atoms. The molecule has 0 aromatic heterocycles. The van der Waals surface area contributed by atoms with E-state index in [2.05, 4.69) is 5.32 Å². The fourth-order valence-electron chi connectivity index (χ4n) is 2.01. The molecular weight excluding hydrogens is 278 g/mol. The van der Waals surface area contributed by atoms with Crippen molar-refractivity contribution in [3.05, 3.63) is 59.7 Å². The van der Waals surface area contributed by atoms with E-state index in [1.165, 1.54) is 0 Å². The van der Waals surface area contributed by atoms with Crippen LogP contribution in [0.1, 0.15) is 12.5 Å². The number of ether oxygens (including phenoxy) is 2. The van der Waals surface area contributed by atoms with Gasteiger partial charge in [0.2, 0.25) is 0 Å². The van der Waals surface area contributed by atoms with Crippen molar-refractivity contribution in [2.75, 3.05) is 19.5 Å². The van der Waals surface area contributed by atoms with E-state index in [0.29, 0.717) is 17.1 Å². The molecule has 2 aromatic rings.